The van der Waals surface area contributed by atoms with Gasteiger partial charge < -0.3 is 0 Å². The van der Waals surface area contributed by atoms with Crippen molar-refractivity contribution in [2.24, 2.45) is 0 Å². The predicted molar refractivity (Wildman–Crippen MR) is 41.9 cm³/mol. The number of hydrogen-bond donors (Lipinski definition) is 0. The van der Waals surface area contributed by atoms with Crippen LogP contribution in [0, 0.1) is 0 Å². The maximum atomic E-state index is 3.50. The van der Waals surface area contributed by atoms with E-state index in [-0.39, 0.29) is 0 Å². The molecule has 0 amide bonds. The van der Waals surface area contributed by atoms with Gasteiger partial charge in [0, 0.05) is 24.0 Å². The second-order valence-electron chi connectivity index (χ2n) is 3.09. The molecule has 0 bridgehead atoms. The fourth-order valence-electron chi connectivity index (χ4n) is 1.50. The van der Waals surface area contributed by atoms with E-state index in [1.165, 1.54) is 31.1 Å². The maximum absolute atomic E-state index is 3.50. The van der Waals surface area contributed by atoms with Crippen molar-refractivity contribution in [1.29, 1.82) is 0 Å². The monoisotopic (exact) mass is 189 g/mol. The molecule has 1 heterocycles. The van der Waals surface area contributed by atoms with Crippen molar-refractivity contribution >= 4 is 15.9 Å². The number of nitrogens with zero attached hydrogens (tertiary/aromatic N) is 1. The molecule has 2 atom stereocenters. The third-order valence-electron chi connectivity index (χ3n) is 2.48. The molecule has 1 saturated heterocycles. The zero-order chi connectivity index (χ0) is 6.27. The molecule has 2 rings (SSSR count). The Bertz CT molecular complexity index is 111. The fraction of sp³-hybridized carbons (Fsp3) is 1.00. The molecule has 0 aromatic carbocycles. The highest BCUT2D eigenvalue weighted by Gasteiger charge is 2.40. The van der Waals surface area contributed by atoms with Crippen LogP contribution in [0.4, 0.5) is 0 Å². The summed E-state index contributed by atoms with van der Waals surface area (Å²) in [6.45, 7) is 1.36. The lowest BCUT2D eigenvalue weighted by Gasteiger charge is -2.27. The van der Waals surface area contributed by atoms with E-state index in [4.69, 9.17) is 0 Å². The van der Waals surface area contributed by atoms with Crippen LogP contribution in [0.2, 0.25) is 0 Å². The van der Waals surface area contributed by atoms with Gasteiger partial charge in [-0.25, -0.2) is 0 Å². The van der Waals surface area contributed by atoms with Crippen molar-refractivity contribution < 1.29 is 0 Å². The van der Waals surface area contributed by atoms with Crippen molar-refractivity contribution in [2.75, 3.05) is 11.9 Å². The Morgan fingerprint density at radius 1 is 1.44 bits per heavy atom. The maximum Gasteiger partial charge on any atom is 0.0323 e. The van der Waals surface area contributed by atoms with E-state index in [9.17, 15) is 0 Å². The average molecular weight is 190 g/mol. The Balaban J connectivity index is 1.76. The van der Waals surface area contributed by atoms with E-state index in [0.29, 0.717) is 0 Å². The van der Waals surface area contributed by atoms with Gasteiger partial charge in [0.2, 0.25) is 0 Å². The fourth-order valence-corrected chi connectivity index (χ4v) is 2.08. The molecule has 0 aromatic rings. The Labute approximate surface area is 64.5 Å². The lowest BCUT2D eigenvalue weighted by atomic mass is 9.93. The third kappa shape index (κ3) is 1.03. The lowest BCUT2D eigenvalue weighted by molar-refractivity contribution is 0.248. The van der Waals surface area contributed by atoms with E-state index in [1.807, 2.05) is 0 Å². The highest BCUT2D eigenvalue weighted by atomic mass is 79.9. The van der Waals surface area contributed by atoms with Gasteiger partial charge in [-0.05, 0) is 12.8 Å². The molecule has 2 fully saturated rings. The number of hydrogen-bond acceptors (Lipinski definition) is 1. The van der Waals surface area contributed by atoms with Crippen LogP contribution in [0.1, 0.15) is 19.3 Å². The van der Waals surface area contributed by atoms with Crippen LogP contribution in [-0.2, 0) is 0 Å². The molecule has 1 aliphatic heterocycles. The van der Waals surface area contributed by atoms with Crippen LogP contribution in [0.5, 0.6) is 0 Å². The van der Waals surface area contributed by atoms with Crippen LogP contribution < -0.4 is 0 Å². The Morgan fingerprint density at radius 2 is 2.22 bits per heavy atom. The van der Waals surface area contributed by atoms with E-state index in [2.05, 4.69) is 20.8 Å². The minimum Gasteiger partial charge on any atom is -0.294 e. The summed E-state index contributed by atoms with van der Waals surface area (Å²) in [5.41, 5.74) is 0. The van der Waals surface area contributed by atoms with Gasteiger partial charge in [0.25, 0.3) is 0 Å². The van der Waals surface area contributed by atoms with Crippen LogP contribution >= 0.6 is 15.9 Å². The van der Waals surface area contributed by atoms with E-state index >= 15 is 0 Å². The molecule has 0 N–H and O–H groups in total. The van der Waals surface area contributed by atoms with E-state index < -0.39 is 0 Å². The van der Waals surface area contributed by atoms with Crippen molar-refractivity contribution in [2.45, 2.75) is 31.3 Å². The van der Waals surface area contributed by atoms with Gasteiger partial charge in [-0.15, -0.1) is 0 Å². The molecule has 2 heteroatoms. The summed E-state index contributed by atoms with van der Waals surface area (Å²) in [5.74, 6) is 0. The molecule has 9 heavy (non-hydrogen) atoms. The molecule has 2 unspecified atom stereocenters. The predicted octanol–water partition coefficient (Wildman–Crippen LogP) is 1.62. The van der Waals surface area contributed by atoms with Crippen molar-refractivity contribution in [3.05, 3.63) is 0 Å². The van der Waals surface area contributed by atoms with Gasteiger partial charge in [0.05, 0.1) is 0 Å². The van der Waals surface area contributed by atoms with E-state index in [0.717, 1.165) is 12.1 Å². The number of rotatable bonds is 2. The van der Waals surface area contributed by atoms with E-state index in [1.54, 1.807) is 0 Å². The molecule has 52 valence electrons. The van der Waals surface area contributed by atoms with Crippen LogP contribution in [-0.4, -0.2) is 28.9 Å². The highest BCUT2D eigenvalue weighted by Crippen LogP contribution is 2.33. The normalized spacial score (nSPS) is 42.3. The van der Waals surface area contributed by atoms with Crippen LogP contribution in [0.15, 0.2) is 0 Å². The first-order valence-corrected chi connectivity index (χ1v) is 4.85. The molecule has 1 nitrogen and oxygen atoms in total. The van der Waals surface area contributed by atoms with Crippen LogP contribution in [0.3, 0.4) is 0 Å². The largest absolute Gasteiger partial charge is 0.294 e. The minimum absolute atomic E-state index is 0.898. The molecule has 1 saturated carbocycles. The second kappa shape index (κ2) is 2.24. The quantitative estimate of drug-likeness (QED) is 0.472. The highest BCUT2D eigenvalue weighted by molar-refractivity contribution is 9.09. The summed E-state index contributed by atoms with van der Waals surface area (Å²) in [7, 11) is 0. The standard InChI is InChI=1S/C7H12BrN/c8-4-7-5-9(7)6-2-1-3-6/h6-7H,1-5H2. The summed E-state index contributed by atoms with van der Waals surface area (Å²) in [5, 5.41) is 1.18. The molecule has 0 spiro atoms. The average Bonchev–Trinajstić information content (AvgIpc) is 2.42. The van der Waals surface area contributed by atoms with Gasteiger partial charge in [0.1, 0.15) is 0 Å². The van der Waals surface area contributed by atoms with Crippen molar-refractivity contribution in [3.63, 3.8) is 0 Å². The van der Waals surface area contributed by atoms with Crippen LogP contribution in [0.25, 0.3) is 0 Å². The number of alkyl halides is 1. The summed E-state index contributed by atoms with van der Waals surface area (Å²) in [6, 6.07) is 1.88. The number of halogens is 1. The first-order valence-electron chi connectivity index (χ1n) is 3.73. The van der Waals surface area contributed by atoms with Gasteiger partial charge in [-0.3, -0.25) is 4.90 Å². The third-order valence-corrected chi connectivity index (χ3v) is 3.23. The summed E-state index contributed by atoms with van der Waals surface area (Å²) in [6.07, 6.45) is 4.39. The minimum atomic E-state index is 0.898. The van der Waals surface area contributed by atoms with Gasteiger partial charge in [0.15, 0.2) is 0 Å². The molecular weight excluding hydrogens is 178 g/mol. The van der Waals surface area contributed by atoms with Crippen molar-refractivity contribution in [3.8, 4) is 0 Å². The smallest absolute Gasteiger partial charge is 0.0323 e. The molecular formula is C7H12BrN. The van der Waals surface area contributed by atoms with Gasteiger partial charge in [-0.2, -0.15) is 0 Å². The summed E-state index contributed by atoms with van der Waals surface area (Å²) >= 11 is 3.50. The van der Waals surface area contributed by atoms with Gasteiger partial charge in [-0.1, -0.05) is 22.4 Å². The Hall–Kier alpha value is 0.440. The zero-order valence-corrected chi connectivity index (χ0v) is 7.10. The Morgan fingerprint density at radius 3 is 2.56 bits per heavy atom. The molecule has 1 aliphatic carbocycles. The summed E-state index contributed by atoms with van der Waals surface area (Å²) < 4.78 is 0. The second-order valence-corrected chi connectivity index (χ2v) is 3.74. The SMILES string of the molecule is BrCC1CN1C1CCC1. The first-order chi connectivity index (χ1) is 4.42. The van der Waals surface area contributed by atoms with Crippen molar-refractivity contribution in [1.82, 2.24) is 4.90 Å². The first kappa shape index (κ1) is 6.17. The molecule has 2 aliphatic rings. The zero-order valence-electron chi connectivity index (χ0n) is 5.52. The topological polar surface area (TPSA) is 3.01 Å². The molecule has 0 aromatic heterocycles. The van der Waals surface area contributed by atoms with Gasteiger partial charge >= 0.3 is 0 Å². The summed E-state index contributed by atoms with van der Waals surface area (Å²) in [4.78, 5) is 2.61. The molecule has 0 radical (unpaired) electrons. The Kier molecular flexibility index (Phi) is 1.54. The lowest BCUT2D eigenvalue weighted by Crippen LogP contribution is -2.28.